The quantitative estimate of drug-likeness (QED) is 0.719. The molecule has 0 bridgehead atoms. The summed E-state index contributed by atoms with van der Waals surface area (Å²) in [7, 11) is 1.60. The number of carbonyl (C=O) groups excluding carboxylic acids is 1. The van der Waals surface area contributed by atoms with Crippen molar-refractivity contribution in [2.45, 2.75) is 18.9 Å². The Morgan fingerprint density at radius 3 is 3.29 bits per heavy atom. The van der Waals surface area contributed by atoms with Crippen molar-refractivity contribution in [1.82, 2.24) is 15.8 Å². The molecule has 2 rings (SSSR count). The van der Waals surface area contributed by atoms with E-state index in [4.69, 9.17) is 4.52 Å². The minimum Gasteiger partial charge on any atom is -0.364 e. The molecule has 0 unspecified atom stereocenters. The summed E-state index contributed by atoms with van der Waals surface area (Å²) in [6.45, 7) is 0.977. The molecule has 1 aliphatic rings. The third kappa shape index (κ3) is 1.50. The van der Waals surface area contributed by atoms with Crippen LogP contribution >= 0.6 is 0 Å². The van der Waals surface area contributed by atoms with Gasteiger partial charge in [0.05, 0.1) is 6.04 Å². The van der Waals surface area contributed by atoms with E-state index in [9.17, 15) is 4.79 Å². The van der Waals surface area contributed by atoms with Gasteiger partial charge < -0.3 is 15.2 Å². The smallest absolute Gasteiger partial charge is 0.256 e. The van der Waals surface area contributed by atoms with Crippen molar-refractivity contribution in [3.05, 3.63) is 17.5 Å². The maximum atomic E-state index is 11.4. The van der Waals surface area contributed by atoms with Crippen molar-refractivity contribution < 1.29 is 9.32 Å². The molecular weight excluding hydrogens is 182 g/mol. The highest BCUT2D eigenvalue weighted by atomic mass is 16.5. The minimum absolute atomic E-state index is 0.144. The van der Waals surface area contributed by atoms with Gasteiger partial charge in [0.2, 0.25) is 0 Å². The van der Waals surface area contributed by atoms with Gasteiger partial charge in [0.15, 0.2) is 0 Å². The molecule has 76 valence electrons. The molecule has 1 aromatic rings. The molecule has 1 amide bonds. The number of nitrogens with zero attached hydrogens (tertiary/aromatic N) is 1. The SMILES string of the molecule is CNC(=O)c1conc1[C@@H]1CCCN1. The van der Waals surface area contributed by atoms with Crippen LogP contribution in [0.15, 0.2) is 10.8 Å². The molecule has 1 aromatic heterocycles. The zero-order valence-electron chi connectivity index (χ0n) is 8.04. The maximum absolute atomic E-state index is 11.4. The van der Waals surface area contributed by atoms with Crippen LogP contribution in [0.25, 0.3) is 0 Å². The van der Waals surface area contributed by atoms with E-state index in [-0.39, 0.29) is 11.9 Å². The fourth-order valence-electron chi connectivity index (χ4n) is 1.72. The fourth-order valence-corrected chi connectivity index (χ4v) is 1.72. The Labute approximate surface area is 81.8 Å². The average molecular weight is 195 g/mol. The predicted octanol–water partition coefficient (Wildman–Crippen LogP) is 0.459. The topological polar surface area (TPSA) is 67.2 Å². The Bertz CT molecular complexity index is 329. The van der Waals surface area contributed by atoms with Crippen LogP contribution in [-0.2, 0) is 0 Å². The Balaban J connectivity index is 2.24. The number of hydrogen-bond acceptors (Lipinski definition) is 4. The van der Waals surface area contributed by atoms with Crippen LogP contribution in [0.1, 0.15) is 34.9 Å². The van der Waals surface area contributed by atoms with Gasteiger partial charge in [0, 0.05) is 7.05 Å². The van der Waals surface area contributed by atoms with Gasteiger partial charge >= 0.3 is 0 Å². The zero-order valence-corrected chi connectivity index (χ0v) is 8.04. The summed E-state index contributed by atoms with van der Waals surface area (Å²) < 4.78 is 4.83. The van der Waals surface area contributed by atoms with Crippen molar-refractivity contribution in [3.8, 4) is 0 Å². The zero-order chi connectivity index (χ0) is 9.97. The molecule has 5 nitrogen and oxygen atoms in total. The van der Waals surface area contributed by atoms with E-state index < -0.39 is 0 Å². The van der Waals surface area contributed by atoms with Gasteiger partial charge in [-0.25, -0.2) is 0 Å². The van der Waals surface area contributed by atoms with E-state index in [1.54, 1.807) is 7.05 Å². The van der Waals surface area contributed by atoms with Crippen LogP contribution in [0.4, 0.5) is 0 Å². The summed E-state index contributed by atoms with van der Waals surface area (Å²) in [5.41, 5.74) is 1.26. The van der Waals surface area contributed by atoms with Crippen molar-refractivity contribution in [2.75, 3.05) is 13.6 Å². The number of aromatic nitrogens is 1. The summed E-state index contributed by atoms with van der Waals surface area (Å²) in [4.78, 5) is 11.4. The van der Waals surface area contributed by atoms with Gasteiger partial charge in [-0.3, -0.25) is 4.79 Å². The summed E-state index contributed by atoms with van der Waals surface area (Å²) >= 11 is 0. The Morgan fingerprint density at radius 2 is 2.64 bits per heavy atom. The molecule has 0 aliphatic carbocycles. The largest absolute Gasteiger partial charge is 0.364 e. The third-order valence-electron chi connectivity index (χ3n) is 2.46. The first-order valence-corrected chi connectivity index (χ1v) is 4.72. The molecule has 0 saturated carbocycles. The molecule has 0 spiro atoms. The highest BCUT2D eigenvalue weighted by Gasteiger charge is 2.25. The molecule has 1 atom stereocenters. The molecule has 1 fully saturated rings. The Hall–Kier alpha value is -1.36. The second-order valence-electron chi connectivity index (χ2n) is 3.34. The van der Waals surface area contributed by atoms with Gasteiger partial charge in [-0.1, -0.05) is 5.16 Å². The molecule has 0 radical (unpaired) electrons. The van der Waals surface area contributed by atoms with E-state index in [0.29, 0.717) is 5.56 Å². The number of rotatable bonds is 2. The molecule has 5 heteroatoms. The normalized spacial score (nSPS) is 21.1. The van der Waals surface area contributed by atoms with Crippen LogP contribution in [-0.4, -0.2) is 24.7 Å². The monoisotopic (exact) mass is 195 g/mol. The van der Waals surface area contributed by atoms with Gasteiger partial charge in [-0.15, -0.1) is 0 Å². The number of carbonyl (C=O) groups is 1. The Kier molecular flexibility index (Phi) is 2.49. The average Bonchev–Trinajstić information content (AvgIpc) is 2.85. The minimum atomic E-state index is -0.144. The van der Waals surface area contributed by atoms with Crippen LogP contribution in [0.2, 0.25) is 0 Å². The highest BCUT2D eigenvalue weighted by Crippen LogP contribution is 2.24. The van der Waals surface area contributed by atoms with Crippen LogP contribution in [0, 0.1) is 0 Å². The van der Waals surface area contributed by atoms with E-state index >= 15 is 0 Å². The molecule has 1 aliphatic heterocycles. The highest BCUT2D eigenvalue weighted by molar-refractivity contribution is 5.94. The van der Waals surface area contributed by atoms with Crippen molar-refractivity contribution in [2.24, 2.45) is 0 Å². The fraction of sp³-hybridized carbons (Fsp3) is 0.556. The van der Waals surface area contributed by atoms with Gasteiger partial charge in [-0.05, 0) is 19.4 Å². The number of amides is 1. The Morgan fingerprint density at radius 1 is 1.79 bits per heavy atom. The third-order valence-corrected chi connectivity index (χ3v) is 2.46. The molecule has 2 N–H and O–H groups in total. The summed E-state index contributed by atoms with van der Waals surface area (Å²) in [6, 6.07) is 0.168. The lowest BCUT2D eigenvalue weighted by molar-refractivity contribution is 0.0961. The molecule has 14 heavy (non-hydrogen) atoms. The summed E-state index contributed by atoms with van der Waals surface area (Å²) in [6.07, 6.45) is 3.52. The molecule has 2 heterocycles. The first kappa shape index (κ1) is 9.21. The van der Waals surface area contributed by atoms with Gasteiger partial charge in [-0.2, -0.15) is 0 Å². The predicted molar refractivity (Wildman–Crippen MR) is 49.9 cm³/mol. The van der Waals surface area contributed by atoms with Crippen LogP contribution in [0.3, 0.4) is 0 Å². The lowest BCUT2D eigenvalue weighted by atomic mass is 10.1. The number of nitrogens with one attached hydrogen (secondary N) is 2. The lowest BCUT2D eigenvalue weighted by Crippen LogP contribution is -2.22. The lowest BCUT2D eigenvalue weighted by Gasteiger charge is -2.07. The first-order chi connectivity index (χ1) is 6.83. The van der Waals surface area contributed by atoms with E-state index in [1.807, 2.05) is 0 Å². The van der Waals surface area contributed by atoms with Crippen molar-refractivity contribution in [1.29, 1.82) is 0 Å². The summed E-state index contributed by atoms with van der Waals surface area (Å²) in [5.74, 6) is -0.144. The van der Waals surface area contributed by atoms with E-state index in [2.05, 4.69) is 15.8 Å². The van der Waals surface area contributed by atoms with E-state index in [0.717, 1.165) is 25.1 Å². The maximum Gasteiger partial charge on any atom is 0.256 e. The van der Waals surface area contributed by atoms with Crippen LogP contribution in [0.5, 0.6) is 0 Å². The van der Waals surface area contributed by atoms with Crippen molar-refractivity contribution >= 4 is 5.91 Å². The van der Waals surface area contributed by atoms with Gasteiger partial charge in [0.25, 0.3) is 5.91 Å². The molecule has 1 saturated heterocycles. The summed E-state index contributed by atoms with van der Waals surface area (Å²) in [5, 5.41) is 9.71. The first-order valence-electron chi connectivity index (χ1n) is 4.72. The molecular formula is C9H13N3O2. The standard InChI is InChI=1S/C9H13N3O2/c1-10-9(13)6-5-14-12-8(6)7-3-2-4-11-7/h5,7,11H,2-4H2,1H3,(H,10,13)/t7-/m0/s1. The second kappa shape index (κ2) is 3.79. The van der Waals surface area contributed by atoms with E-state index in [1.165, 1.54) is 6.26 Å². The van der Waals surface area contributed by atoms with Gasteiger partial charge in [0.1, 0.15) is 17.5 Å². The van der Waals surface area contributed by atoms with Crippen LogP contribution < -0.4 is 10.6 Å². The second-order valence-corrected chi connectivity index (χ2v) is 3.34. The molecule has 0 aromatic carbocycles. The number of hydrogen-bond donors (Lipinski definition) is 2. The van der Waals surface area contributed by atoms with Crippen molar-refractivity contribution in [3.63, 3.8) is 0 Å².